The molecule has 2 nitrogen and oxygen atoms in total. The molecule has 0 aliphatic carbocycles. The summed E-state index contributed by atoms with van der Waals surface area (Å²) >= 11 is 3.46. The van der Waals surface area contributed by atoms with E-state index in [9.17, 15) is 0 Å². The summed E-state index contributed by atoms with van der Waals surface area (Å²) in [4.78, 5) is 10.5. The highest BCUT2D eigenvalue weighted by Crippen LogP contribution is 2.28. The Bertz CT molecular complexity index is 683. The summed E-state index contributed by atoms with van der Waals surface area (Å²) in [5, 5.41) is 4.38. The van der Waals surface area contributed by atoms with E-state index in [1.165, 1.54) is 10.4 Å². The van der Waals surface area contributed by atoms with Crippen molar-refractivity contribution in [2.24, 2.45) is 0 Å². The van der Waals surface area contributed by atoms with E-state index >= 15 is 0 Å². The van der Waals surface area contributed by atoms with Gasteiger partial charge in [0.1, 0.15) is 0 Å². The first kappa shape index (κ1) is 12.5. The van der Waals surface area contributed by atoms with Gasteiger partial charge in [-0.05, 0) is 13.8 Å². The first-order chi connectivity index (χ1) is 9.22. The molecule has 0 saturated heterocycles. The Balaban J connectivity index is 1.89. The van der Waals surface area contributed by atoms with Gasteiger partial charge < -0.3 is 0 Å². The smallest absolute Gasteiger partial charge is 0.0995 e. The van der Waals surface area contributed by atoms with E-state index in [4.69, 9.17) is 4.98 Å². The molecule has 0 aliphatic rings. The fourth-order valence-electron chi connectivity index (χ4n) is 2.04. The Hall–Kier alpha value is -1.52. The molecule has 0 fully saturated rings. The van der Waals surface area contributed by atoms with Crippen LogP contribution in [0.1, 0.15) is 20.6 Å². The van der Waals surface area contributed by atoms with Crippen LogP contribution in [0.25, 0.3) is 11.3 Å². The Morgan fingerprint density at radius 2 is 1.84 bits per heavy atom. The molecule has 2 heterocycles. The van der Waals surface area contributed by atoms with E-state index in [1.807, 2.05) is 13.0 Å². The normalized spacial score (nSPS) is 10.8. The van der Waals surface area contributed by atoms with Crippen LogP contribution in [-0.4, -0.2) is 9.97 Å². The van der Waals surface area contributed by atoms with Gasteiger partial charge in [-0.25, -0.2) is 9.97 Å². The molecule has 4 heteroatoms. The number of thiazole rings is 2. The fraction of sp³-hybridized carbons (Fsp3) is 0.200. The van der Waals surface area contributed by atoms with E-state index in [1.54, 1.807) is 22.7 Å². The first-order valence-electron chi connectivity index (χ1n) is 6.15. The number of rotatable bonds is 3. The summed E-state index contributed by atoms with van der Waals surface area (Å²) < 4.78 is 0. The Morgan fingerprint density at radius 3 is 2.53 bits per heavy atom. The number of benzene rings is 1. The summed E-state index contributed by atoms with van der Waals surface area (Å²) in [6.07, 6.45) is 0.836. The van der Waals surface area contributed by atoms with Crippen molar-refractivity contribution in [1.82, 2.24) is 9.97 Å². The molecule has 3 aromatic rings. The first-order valence-corrected chi connectivity index (χ1v) is 7.85. The number of nitrogens with zero attached hydrogens (tertiary/aromatic N) is 2. The second-order valence-electron chi connectivity index (χ2n) is 4.41. The van der Waals surface area contributed by atoms with Gasteiger partial charge in [-0.1, -0.05) is 30.3 Å². The van der Waals surface area contributed by atoms with Crippen LogP contribution in [0, 0.1) is 13.8 Å². The van der Waals surface area contributed by atoms with Crippen LogP contribution >= 0.6 is 22.7 Å². The monoisotopic (exact) mass is 286 g/mol. The molecule has 0 amide bonds. The van der Waals surface area contributed by atoms with Gasteiger partial charge in [0, 0.05) is 22.2 Å². The topological polar surface area (TPSA) is 25.8 Å². The Morgan fingerprint density at radius 1 is 1.05 bits per heavy atom. The zero-order chi connectivity index (χ0) is 13.2. The molecular weight excluding hydrogens is 272 g/mol. The van der Waals surface area contributed by atoms with Gasteiger partial charge in [-0.15, -0.1) is 22.7 Å². The van der Waals surface area contributed by atoms with Crippen LogP contribution in [-0.2, 0) is 6.42 Å². The molecule has 0 aliphatic heterocycles. The molecule has 0 saturated carbocycles. The highest BCUT2D eigenvalue weighted by Gasteiger charge is 2.11. The van der Waals surface area contributed by atoms with Crippen molar-refractivity contribution in [3.05, 3.63) is 56.3 Å². The molecule has 1 aromatic carbocycles. The highest BCUT2D eigenvalue weighted by molar-refractivity contribution is 7.12. The minimum Gasteiger partial charge on any atom is -0.246 e. The Kier molecular flexibility index (Phi) is 3.44. The average molecular weight is 286 g/mol. The van der Waals surface area contributed by atoms with Gasteiger partial charge in [0.15, 0.2) is 0 Å². The van der Waals surface area contributed by atoms with Crippen molar-refractivity contribution in [3.8, 4) is 11.3 Å². The zero-order valence-electron chi connectivity index (χ0n) is 10.9. The van der Waals surface area contributed by atoms with Gasteiger partial charge in [0.2, 0.25) is 0 Å². The van der Waals surface area contributed by atoms with Gasteiger partial charge in [-0.2, -0.15) is 0 Å². The van der Waals surface area contributed by atoms with Crippen molar-refractivity contribution in [2.45, 2.75) is 20.3 Å². The maximum Gasteiger partial charge on any atom is 0.0995 e. The number of hydrogen-bond donors (Lipinski definition) is 0. The molecule has 19 heavy (non-hydrogen) atoms. The van der Waals surface area contributed by atoms with Crippen LogP contribution in [0.3, 0.4) is 0 Å². The lowest BCUT2D eigenvalue weighted by Crippen LogP contribution is -1.88. The predicted octanol–water partition coefficient (Wildman–Crippen LogP) is 4.47. The third-order valence-corrected chi connectivity index (χ3v) is 4.68. The van der Waals surface area contributed by atoms with Crippen molar-refractivity contribution in [3.63, 3.8) is 0 Å². The summed E-state index contributed by atoms with van der Waals surface area (Å²) in [5.74, 6) is 0. The molecule has 0 unspecified atom stereocenters. The molecule has 0 spiro atoms. The van der Waals surface area contributed by atoms with E-state index in [0.717, 1.165) is 27.8 Å². The number of aryl methyl sites for hydroxylation is 2. The van der Waals surface area contributed by atoms with Crippen LogP contribution in [0.4, 0.5) is 0 Å². The lowest BCUT2D eigenvalue weighted by Gasteiger charge is -1.96. The minimum atomic E-state index is 0.836. The van der Waals surface area contributed by atoms with Crippen LogP contribution in [0.5, 0.6) is 0 Å². The van der Waals surface area contributed by atoms with E-state index in [-0.39, 0.29) is 0 Å². The third-order valence-electron chi connectivity index (χ3n) is 2.89. The van der Waals surface area contributed by atoms with Gasteiger partial charge in [-0.3, -0.25) is 0 Å². The molecule has 0 bridgehead atoms. The van der Waals surface area contributed by atoms with Gasteiger partial charge >= 0.3 is 0 Å². The second kappa shape index (κ2) is 5.23. The minimum absolute atomic E-state index is 0.836. The summed E-state index contributed by atoms with van der Waals surface area (Å²) in [6, 6.07) is 10.4. The summed E-state index contributed by atoms with van der Waals surface area (Å²) in [5.41, 5.74) is 3.42. The maximum atomic E-state index is 4.77. The van der Waals surface area contributed by atoms with E-state index in [0.29, 0.717) is 0 Å². The zero-order valence-corrected chi connectivity index (χ0v) is 12.5. The summed E-state index contributed by atoms with van der Waals surface area (Å²) in [6.45, 7) is 4.17. The third kappa shape index (κ3) is 2.74. The van der Waals surface area contributed by atoms with Crippen molar-refractivity contribution in [1.29, 1.82) is 0 Å². The van der Waals surface area contributed by atoms with E-state index < -0.39 is 0 Å². The lowest BCUT2D eigenvalue weighted by atomic mass is 10.1. The predicted molar refractivity (Wildman–Crippen MR) is 81.9 cm³/mol. The Labute approximate surface area is 120 Å². The van der Waals surface area contributed by atoms with Crippen LogP contribution in [0.2, 0.25) is 0 Å². The molecule has 0 atom stereocenters. The highest BCUT2D eigenvalue weighted by atomic mass is 32.1. The molecule has 0 N–H and O–H groups in total. The number of hydrogen-bond acceptors (Lipinski definition) is 4. The standard InChI is InChI=1S/C15H14N2S2/c1-10-15(12-6-4-3-5-7-12)17-14(19-10)8-13-9-18-11(2)16-13/h3-7,9H,8H2,1-2H3. The van der Waals surface area contributed by atoms with E-state index in [2.05, 4.69) is 41.6 Å². The molecule has 0 radical (unpaired) electrons. The van der Waals surface area contributed by atoms with Gasteiger partial charge in [0.25, 0.3) is 0 Å². The van der Waals surface area contributed by atoms with Crippen molar-refractivity contribution >= 4 is 22.7 Å². The quantitative estimate of drug-likeness (QED) is 0.709. The largest absolute Gasteiger partial charge is 0.246 e. The molecule has 3 rings (SSSR count). The van der Waals surface area contributed by atoms with Crippen molar-refractivity contribution in [2.75, 3.05) is 0 Å². The molecule has 96 valence electrons. The van der Waals surface area contributed by atoms with Crippen LogP contribution < -0.4 is 0 Å². The molecule has 2 aromatic heterocycles. The fourth-order valence-corrected chi connectivity index (χ4v) is 3.62. The summed E-state index contributed by atoms with van der Waals surface area (Å²) in [7, 11) is 0. The SMILES string of the molecule is Cc1nc(Cc2nc(-c3ccccc3)c(C)s2)cs1. The van der Waals surface area contributed by atoms with Crippen molar-refractivity contribution < 1.29 is 0 Å². The van der Waals surface area contributed by atoms with Gasteiger partial charge in [0.05, 0.1) is 21.4 Å². The van der Waals surface area contributed by atoms with Crippen LogP contribution in [0.15, 0.2) is 35.7 Å². The average Bonchev–Trinajstić information content (AvgIpc) is 2.97. The lowest BCUT2D eigenvalue weighted by molar-refractivity contribution is 1.06. The maximum absolute atomic E-state index is 4.77. The second-order valence-corrected chi connectivity index (χ2v) is 6.76. The number of aromatic nitrogens is 2. The molecular formula is C15H14N2S2.